The third kappa shape index (κ3) is 3.64. The van der Waals surface area contributed by atoms with Crippen LogP contribution in [0, 0.1) is 12.7 Å². The van der Waals surface area contributed by atoms with Gasteiger partial charge in [0.05, 0.1) is 0 Å². The first-order valence-electron chi connectivity index (χ1n) is 8.74. The molecule has 7 nitrogen and oxygen atoms in total. The lowest BCUT2D eigenvalue weighted by Gasteiger charge is -2.35. The van der Waals surface area contributed by atoms with Crippen LogP contribution in [0.2, 0.25) is 0 Å². The van der Waals surface area contributed by atoms with Crippen molar-refractivity contribution in [1.29, 1.82) is 0 Å². The van der Waals surface area contributed by atoms with E-state index in [0.717, 1.165) is 11.6 Å². The molecule has 1 amide bonds. The minimum Gasteiger partial charge on any atom is -0.353 e. The molecule has 0 bridgehead atoms. The maximum atomic E-state index is 13.0. The van der Waals surface area contributed by atoms with Gasteiger partial charge in [0.2, 0.25) is 0 Å². The first kappa shape index (κ1) is 17.1. The predicted molar refractivity (Wildman–Crippen MR) is 98.4 cm³/mol. The van der Waals surface area contributed by atoms with Gasteiger partial charge in [0.25, 0.3) is 5.91 Å². The Morgan fingerprint density at radius 2 is 1.74 bits per heavy atom. The smallest absolute Gasteiger partial charge is 0.253 e. The summed E-state index contributed by atoms with van der Waals surface area (Å²) in [6.07, 6.45) is 5.24. The second kappa shape index (κ2) is 7.14. The molecule has 27 heavy (non-hydrogen) atoms. The number of anilines is 1. The van der Waals surface area contributed by atoms with Gasteiger partial charge in [-0.1, -0.05) is 0 Å². The minimum absolute atomic E-state index is 0.0763. The van der Waals surface area contributed by atoms with Crippen LogP contribution in [0.3, 0.4) is 0 Å². The summed E-state index contributed by atoms with van der Waals surface area (Å²) in [6, 6.07) is 7.59. The molecule has 0 atom stereocenters. The fourth-order valence-corrected chi connectivity index (χ4v) is 3.14. The molecule has 3 heterocycles. The Kier molecular flexibility index (Phi) is 4.53. The van der Waals surface area contributed by atoms with Gasteiger partial charge >= 0.3 is 0 Å². The van der Waals surface area contributed by atoms with E-state index in [1.165, 1.54) is 24.3 Å². The Morgan fingerprint density at radius 1 is 1.04 bits per heavy atom. The Bertz CT molecular complexity index is 933. The molecule has 0 radical (unpaired) electrons. The van der Waals surface area contributed by atoms with Crippen LogP contribution in [0.1, 0.15) is 16.2 Å². The van der Waals surface area contributed by atoms with Gasteiger partial charge in [-0.05, 0) is 31.2 Å². The topological polar surface area (TPSA) is 67.2 Å². The molecule has 0 saturated carbocycles. The average molecular weight is 366 g/mol. The van der Waals surface area contributed by atoms with Gasteiger partial charge in [0.1, 0.15) is 29.6 Å². The van der Waals surface area contributed by atoms with Crippen LogP contribution in [0.4, 0.5) is 10.2 Å². The lowest BCUT2D eigenvalue weighted by molar-refractivity contribution is 0.0746. The Balaban J connectivity index is 1.46. The zero-order chi connectivity index (χ0) is 18.8. The third-order valence-corrected chi connectivity index (χ3v) is 4.56. The number of hydrogen-bond acceptors (Lipinski definition) is 5. The van der Waals surface area contributed by atoms with E-state index in [1.807, 2.05) is 23.8 Å². The number of benzene rings is 1. The second-order valence-corrected chi connectivity index (χ2v) is 6.39. The van der Waals surface area contributed by atoms with Crippen molar-refractivity contribution in [3.8, 4) is 5.82 Å². The summed E-state index contributed by atoms with van der Waals surface area (Å²) in [5.74, 6) is 1.86. The van der Waals surface area contributed by atoms with E-state index < -0.39 is 0 Å². The van der Waals surface area contributed by atoms with Crippen molar-refractivity contribution in [1.82, 2.24) is 24.4 Å². The van der Waals surface area contributed by atoms with Crippen LogP contribution in [0.5, 0.6) is 0 Å². The van der Waals surface area contributed by atoms with Crippen molar-refractivity contribution in [2.45, 2.75) is 6.92 Å². The molecule has 0 aliphatic carbocycles. The molecule has 1 fully saturated rings. The van der Waals surface area contributed by atoms with E-state index in [4.69, 9.17) is 0 Å². The summed E-state index contributed by atoms with van der Waals surface area (Å²) in [4.78, 5) is 29.5. The molecule has 1 saturated heterocycles. The predicted octanol–water partition coefficient (Wildman–Crippen LogP) is 2.07. The number of carbonyl (C=O) groups is 1. The first-order valence-corrected chi connectivity index (χ1v) is 8.74. The quantitative estimate of drug-likeness (QED) is 0.710. The van der Waals surface area contributed by atoms with Gasteiger partial charge in [-0.15, -0.1) is 0 Å². The molecule has 3 aromatic rings. The number of rotatable bonds is 3. The molecule has 4 rings (SSSR count). The summed E-state index contributed by atoms with van der Waals surface area (Å²) < 4.78 is 14.9. The van der Waals surface area contributed by atoms with E-state index >= 15 is 0 Å². The Labute approximate surface area is 156 Å². The highest BCUT2D eigenvalue weighted by atomic mass is 19.1. The first-order chi connectivity index (χ1) is 13.1. The number of aryl methyl sites for hydroxylation is 1. The maximum absolute atomic E-state index is 13.0. The summed E-state index contributed by atoms with van der Waals surface area (Å²) in [7, 11) is 0. The van der Waals surface area contributed by atoms with E-state index in [0.29, 0.717) is 37.6 Å². The van der Waals surface area contributed by atoms with Crippen molar-refractivity contribution in [3.05, 3.63) is 66.3 Å². The van der Waals surface area contributed by atoms with Gasteiger partial charge in [-0.25, -0.2) is 19.3 Å². The van der Waals surface area contributed by atoms with Gasteiger partial charge in [0, 0.05) is 50.2 Å². The fraction of sp³-hybridized carbons (Fsp3) is 0.263. The van der Waals surface area contributed by atoms with Crippen molar-refractivity contribution in [2.75, 3.05) is 31.1 Å². The van der Waals surface area contributed by atoms with Crippen molar-refractivity contribution in [3.63, 3.8) is 0 Å². The maximum Gasteiger partial charge on any atom is 0.253 e. The molecule has 138 valence electrons. The normalized spacial score (nSPS) is 14.4. The molecular formula is C19H19FN6O. The van der Waals surface area contributed by atoms with Crippen LogP contribution in [0.15, 0.2) is 49.1 Å². The molecule has 2 aromatic heterocycles. The lowest BCUT2D eigenvalue weighted by atomic mass is 10.2. The number of piperazine rings is 1. The van der Waals surface area contributed by atoms with Crippen LogP contribution in [-0.2, 0) is 0 Å². The standard InChI is InChI=1S/C19H19FN6O/c1-14-22-17(12-18(23-14)26-7-6-21-13-26)24-8-10-25(11-9-24)19(27)15-2-4-16(20)5-3-15/h2-7,12-13H,8-11H2,1H3. The Hall–Kier alpha value is -3.29. The van der Waals surface area contributed by atoms with E-state index in [-0.39, 0.29) is 11.7 Å². The molecule has 1 aromatic carbocycles. The molecule has 1 aliphatic heterocycles. The average Bonchev–Trinajstić information content (AvgIpc) is 3.23. The SMILES string of the molecule is Cc1nc(N2CCN(C(=O)c3ccc(F)cc3)CC2)cc(-n2ccnc2)n1. The van der Waals surface area contributed by atoms with E-state index in [1.54, 1.807) is 17.4 Å². The number of hydrogen-bond donors (Lipinski definition) is 0. The lowest BCUT2D eigenvalue weighted by Crippen LogP contribution is -2.49. The van der Waals surface area contributed by atoms with Crippen LogP contribution >= 0.6 is 0 Å². The summed E-state index contributed by atoms with van der Waals surface area (Å²) >= 11 is 0. The number of halogens is 1. The van der Waals surface area contributed by atoms with Crippen molar-refractivity contribution < 1.29 is 9.18 Å². The largest absolute Gasteiger partial charge is 0.353 e. The molecule has 1 aliphatic rings. The molecule has 0 unspecified atom stereocenters. The second-order valence-electron chi connectivity index (χ2n) is 6.39. The summed E-state index contributed by atoms with van der Waals surface area (Å²) in [6.45, 7) is 4.37. The van der Waals surface area contributed by atoms with Crippen molar-refractivity contribution >= 4 is 11.7 Å². The van der Waals surface area contributed by atoms with E-state index in [9.17, 15) is 9.18 Å². The highest BCUT2D eigenvalue weighted by molar-refractivity contribution is 5.94. The monoisotopic (exact) mass is 366 g/mol. The van der Waals surface area contributed by atoms with Gasteiger partial charge in [-0.3, -0.25) is 9.36 Å². The van der Waals surface area contributed by atoms with Crippen LogP contribution in [-0.4, -0.2) is 56.5 Å². The van der Waals surface area contributed by atoms with Gasteiger partial charge in [-0.2, -0.15) is 0 Å². The molecule has 0 spiro atoms. The number of amides is 1. The van der Waals surface area contributed by atoms with Crippen LogP contribution in [0.25, 0.3) is 5.82 Å². The Morgan fingerprint density at radius 3 is 2.41 bits per heavy atom. The number of aromatic nitrogens is 4. The molecular weight excluding hydrogens is 347 g/mol. The van der Waals surface area contributed by atoms with Crippen molar-refractivity contribution in [2.24, 2.45) is 0 Å². The van der Waals surface area contributed by atoms with Gasteiger partial charge < -0.3 is 9.80 Å². The number of carbonyl (C=O) groups excluding carboxylic acids is 1. The third-order valence-electron chi connectivity index (χ3n) is 4.56. The van der Waals surface area contributed by atoms with Crippen LogP contribution < -0.4 is 4.90 Å². The highest BCUT2D eigenvalue weighted by Gasteiger charge is 2.23. The highest BCUT2D eigenvalue weighted by Crippen LogP contribution is 2.18. The number of imidazole rings is 1. The molecule has 0 N–H and O–H groups in total. The molecule has 8 heteroatoms. The summed E-state index contributed by atoms with van der Waals surface area (Å²) in [5, 5.41) is 0. The number of nitrogens with zero attached hydrogens (tertiary/aromatic N) is 6. The fourth-order valence-electron chi connectivity index (χ4n) is 3.14. The van der Waals surface area contributed by atoms with E-state index in [2.05, 4.69) is 19.9 Å². The minimum atomic E-state index is -0.343. The summed E-state index contributed by atoms with van der Waals surface area (Å²) in [5.41, 5.74) is 0.505. The zero-order valence-corrected chi connectivity index (χ0v) is 14.9. The zero-order valence-electron chi connectivity index (χ0n) is 14.9. The van der Waals surface area contributed by atoms with Gasteiger partial charge in [0.15, 0.2) is 0 Å².